The van der Waals surface area contributed by atoms with Gasteiger partial charge < -0.3 is 9.84 Å². The van der Waals surface area contributed by atoms with Crippen molar-refractivity contribution in [3.05, 3.63) is 52.9 Å². The van der Waals surface area contributed by atoms with Gasteiger partial charge in [0, 0.05) is 11.8 Å². The third-order valence-electron chi connectivity index (χ3n) is 3.26. The van der Waals surface area contributed by atoms with Crippen molar-refractivity contribution < 1.29 is 9.32 Å². The highest BCUT2D eigenvalue weighted by molar-refractivity contribution is 7.99. The highest BCUT2D eigenvalue weighted by Crippen LogP contribution is 2.25. The zero-order chi connectivity index (χ0) is 17.8. The van der Waals surface area contributed by atoms with Gasteiger partial charge in [-0.3, -0.25) is 4.79 Å². The average Bonchev–Trinajstić information content (AvgIpc) is 3.02. The molecule has 0 saturated heterocycles. The number of hydrogen-bond donors (Lipinski definition) is 1. The molecule has 8 heteroatoms. The van der Waals surface area contributed by atoms with E-state index in [0.29, 0.717) is 27.5 Å². The fraction of sp³-hybridized carbons (Fsp3) is 0.176. The van der Waals surface area contributed by atoms with Gasteiger partial charge in [0.1, 0.15) is 0 Å². The van der Waals surface area contributed by atoms with Gasteiger partial charge >= 0.3 is 0 Å². The topological polar surface area (TPSA) is 80.9 Å². The van der Waals surface area contributed by atoms with Gasteiger partial charge in [0.2, 0.25) is 5.91 Å². The molecule has 0 radical (unpaired) electrons. The predicted molar refractivity (Wildman–Crippen MR) is 97.8 cm³/mol. The number of carbonyl (C=O) groups is 1. The maximum atomic E-state index is 12.1. The highest BCUT2D eigenvalue weighted by atomic mass is 35.5. The van der Waals surface area contributed by atoms with E-state index in [1.807, 2.05) is 25.1 Å². The van der Waals surface area contributed by atoms with Gasteiger partial charge in [0.15, 0.2) is 5.82 Å². The van der Waals surface area contributed by atoms with E-state index in [1.165, 1.54) is 11.8 Å². The summed E-state index contributed by atoms with van der Waals surface area (Å²) in [5.74, 6) is 1.05. The lowest BCUT2D eigenvalue weighted by molar-refractivity contribution is -0.113. The largest absolute Gasteiger partial charge is 0.334 e. The van der Waals surface area contributed by atoms with Crippen LogP contribution in [0.5, 0.6) is 0 Å². The highest BCUT2D eigenvalue weighted by Gasteiger charge is 2.10. The lowest BCUT2D eigenvalue weighted by Crippen LogP contribution is -2.14. The van der Waals surface area contributed by atoms with Gasteiger partial charge in [-0.25, -0.2) is 4.98 Å². The van der Waals surface area contributed by atoms with E-state index in [2.05, 4.69) is 20.4 Å². The third kappa shape index (κ3) is 4.58. The summed E-state index contributed by atoms with van der Waals surface area (Å²) in [7, 11) is 0. The van der Waals surface area contributed by atoms with E-state index in [-0.39, 0.29) is 11.7 Å². The summed E-state index contributed by atoms with van der Waals surface area (Å²) in [4.78, 5) is 20.5. The van der Waals surface area contributed by atoms with Crippen LogP contribution in [0.15, 0.2) is 46.1 Å². The first-order valence-corrected chi connectivity index (χ1v) is 8.83. The Labute approximate surface area is 154 Å². The molecule has 0 saturated carbocycles. The van der Waals surface area contributed by atoms with Crippen LogP contribution in [0.1, 0.15) is 11.4 Å². The van der Waals surface area contributed by atoms with Gasteiger partial charge in [-0.2, -0.15) is 4.98 Å². The Morgan fingerprint density at radius 1 is 1.28 bits per heavy atom. The standard InChI is InChI=1S/C17H15ClN4O2S/c1-10-3-4-14(13(18)7-10)21-15(23)9-25-16-8-12(5-6-19-16)17-20-11(2)22-24-17/h3-8H,9H2,1-2H3,(H,21,23). The fourth-order valence-corrected chi connectivity index (χ4v) is 3.06. The van der Waals surface area contributed by atoms with Gasteiger partial charge in [0.05, 0.1) is 21.5 Å². The van der Waals surface area contributed by atoms with Crippen molar-refractivity contribution in [2.75, 3.05) is 11.1 Å². The van der Waals surface area contributed by atoms with Crippen LogP contribution >= 0.6 is 23.4 Å². The molecule has 0 atom stereocenters. The van der Waals surface area contributed by atoms with E-state index >= 15 is 0 Å². The SMILES string of the molecule is Cc1ccc(NC(=O)CSc2cc(-c3nc(C)no3)ccn2)c(Cl)c1. The van der Waals surface area contributed by atoms with Crippen LogP contribution in [0.4, 0.5) is 5.69 Å². The number of halogens is 1. The second-order valence-corrected chi connectivity index (χ2v) is 6.75. The first kappa shape index (κ1) is 17.4. The number of pyridine rings is 1. The van der Waals surface area contributed by atoms with Crippen LogP contribution in [0.25, 0.3) is 11.5 Å². The number of rotatable bonds is 5. The molecule has 0 bridgehead atoms. The molecule has 1 aromatic carbocycles. The monoisotopic (exact) mass is 374 g/mol. The lowest BCUT2D eigenvalue weighted by Gasteiger charge is -2.07. The zero-order valence-electron chi connectivity index (χ0n) is 13.6. The molecule has 128 valence electrons. The number of thioether (sulfide) groups is 1. The Bertz CT molecular complexity index is 913. The number of aryl methyl sites for hydroxylation is 2. The molecule has 1 N–H and O–H groups in total. The number of benzene rings is 1. The summed E-state index contributed by atoms with van der Waals surface area (Å²) in [6.07, 6.45) is 1.64. The molecule has 2 heterocycles. The van der Waals surface area contributed by atoms with Crippen LogP contribution in [-0.4, -0.2) is 26.8 Å². The number of nitrogens with zero attached hydrogens (tertiary/aromatic N) is 3. The number of hydrogen-bond acceptors (Lipinski definition) is 6. The summed E-state index contributed by atoms with van der Waals surface area (Å²) < 4.78 is 5.14. The van der Waals surface area contributed by atoms with Crippen LogP contribution in [0.2, 0.25) is 5.02 Å². The summed E-state index contributed by atoms with van der Waals surface area (Å²) >= 11 is 7.44. The zero-order valence-corrected chi connectivity index (χ0v) is 15.2. The van der Waals surface area contributed by atoms with Crippen molar-refractivity contribution in [2.24, 2.45) is 0 Å². The molecule has 0 fully saturated rings. The number of aromatic nitrogens is 3. The third-order valence-corrected chi connectivity index (χ3v) is 4.50. The average molecular weight is 375 g/mol. The van der Waals surface area contributed by atoms with E-state index in [4.69, 9.17) is 16.1 Å². The predicted octanol–water partition coefficient (Wildman–Crippen LogP) is 4.13. The van der Waals surface area contributed by atoms with E-state index in [0.717, 1.165) is 11.1 Å². The molecule has 6 nitrogen and oxygen atoms in total. The molecular weight excluding hydrogens is 360 g/mol. The Kier molecular flexibility index (Phi) is 5.35. The molecule has 3 aromatic rings. The molecule has 3 rings (SSSR count). The second-order valence-electron chi connectivity index (χ2n) is 5.35. The molecule has 2 aromatic heterocycles. The van der Waals surface area contributed by atoms with E-state index in [1.54, 1.807) is 25.3 Å². The molecular formula is C17H15ClN4O2S. The number of nitrogens with one attached hydrogen (secondary N) is 1. The second kappa shape index (κ2) is 7.67. The van der Waals surface area contributed by atoms with Crippen molar-refractivity contribution in [3.8, 4) is 11.5 Å². The van der Waals surface area contributed by atoms with Crippen LogP contribution < -0.4 is 5.32 Å². The van der Waals surface area contributed by atoms with Crippen molar-refractivity contribution in [1.82, 2.24) is 15.1 Å². The maximum Gasteiger partial charge on any atom is 0.258 e. The number of amides is 1. The van der Waals surface area contributed by atoms with Crippen molar-refractivity contribution in [2.45, 2.75) is 18.9 Å². The van der Waals surface area contributed by atoms with Gasteiger partial charge in [-0.05, 0) is 43.7 Å². The van der Waals surface area contributed by atoms with Crippen LogP contribution in [0.3, 0.4) is 0 Å². The van der Waals surface area contributed by atoms with Crippen LogP contribution in [0, 0.1) is 13.8 Å². The normalized spacial score (nSPS) is 10.7. The molecule has 0 aliphatic rings. The van der Waals surface area contributed by atoms with Crippen LogP contribution in [-0.2, 0) is 4.79 Å². The van der Waals surface area contributed by atoms with E-state index < -0.39 is 0 Å². The van der Waals surface area contributed by atoms with Crippen molar-refractivity contribution in [3.63, 3.8) is 0 Å². The minimum absolute atomic E-state index is 0.156. The summed E-state index contributed by atoms with van der Waals surface area (Å²) in [6.45, 7) is 3.70. The Morgan fingerprint density at radius 2 is 2.12 bits per heavy atom. The minimum Gasteiger partial charge on any atom is -0.334 e. The molecule has 0 aliphatic carbocycles. The summed E-state index contributed by atoms with van der Waals surface area (Å²) in [5.41, 5.74) is 2.40. The quantitative estimate of drug-likeness (QED) is 0.676. The number of anilines is 1. The Hall–Kier alpha value is -2.38. The van der Waals surface area contributed by atoms with Crippen molar-refractivity contribution in [1.29, 1.82) is 0 Å². The fourth-order valence-electron chi connectivity index (χ4n) is 2.08. The first-order valence-electron chi connectivity index (χ1n) is 7.47. The number of carbonyl (C=O) groups excluding carboxylic acids is 1. The van der Waals surface area contributed by atoms with Gasteiger partial charge in [-0.1, -0.05) is 34.6 Å². The smallest absolute Gasteiger partial charge is 0.258 e. The minimum atomic E-state index is -0.156. The lowest BCUT2D eigenvalue weighted by atomic mass is 10.2. The van der Waals surface area contributed by atoms with Gasteiger partial charge in [-0.15, -0.1) is 0 Å². The molecule has 1 amide bonds. The summed E-state index contributed by atoms with van der Waals surface area (Å²) in [5, 5.41) is 7.78. The maximum absolute atomic E-state index is 12.1. The van der Waals surface area contributed by atoms with Crippen molar-refractivity contribution >= 4 is 35.0 Å². The Balaban J connectivity index is 1.62. The first-order chi connectivity index (χ1) is 12.0. The summed E-state index contributed by atoms with van der Waals surface area (Å²) in [6, 6.07) is 9.08. The Morgan fingerprint density at radius 3 is 2.84 bits per heavy atom. The molecule has 0 spiro atoms. The molecule has 0 unspecified atom stereocenters. The van der Waals surface area contributed by atoms with E-state index in [9.17, 15) is 4.79 Å². The molecule has 0 aliphatic heterocycles. The van der Waals surface area contributed by atoms with Gasteiger partial charge in [0.25, 0.3) is 5.89 Å². The molecule has 25 heavy (non-hydrogen) atoms.